The van der Waals surface area contributed by atoms with Crippen molar-refractivity contribution in [2.24, 2.45) is 0 Å². The summed E-state index contributed by atoms with van der Waals surface area (Å²) in [5.74, 6) is 4.12. The van der Waals surface area contributed by atoms with Crippen LogP contribution in [0.15, 0.2) is 24.7 Å². The third kappa shape index (κ3) is 5.39. The Labute approximate surface area is 224 Å². The molecule has 0 radical (unpaired) electrons. The Morgan fingerprint density at radius 3 is 2.62 bits per heavy atom. The Bertz CT molecular complexity index is 1510. The highest BCUT2D eigenvalue weighted by atomic mass is 19.4. The summed E-state index contributed by atoms with van der Waals surface area (Å²) in [6.07, 6.45) is -6.30. The maximum absolute atomic E-state index is 12.7. The summed E-state index contributed by atoms with van der Waals surface area (Å²) in [7, 11) is 1.40. The summed E-state index contributed by atoms with van der Waals surface area (Å²) < 4.78 is 45.1. The third-order valence-electron chi connectivity index (χ3n) is 6.31. The first kappa shape index (κ1) is 27.2. The topological polar surface area (TPSA) is 182 Å². The molecule has 0 aromatic carbocycles. The molecule has 4 atom stereocenters. The minimum absolute atomic E-state index is 0.0307. The molecule has 0 spiro atoms. The van der Waals surface area contributed by atoms with Crippen molar-refractivity contribution in [1.82, 2.24) is 34.7 Å². The van der Waals surface area contributed by atoms with E-state index in [0.29, 0.717) is 6.07 Å². The Hall–Kier alpha value is -4.33. The number of fused-ring (bicyclic) bond motifs is 1. The van der Waals surface area contributed by atoms with Crippen LogP contribution in [-0.2, 0) is 15.7 Å². The van der Waals surface area contributed by atoms with Gasteiger partial charge in [-0.1, -0.05) is 5.92 Å². The summed E-state index contributed by atoms with van der Waals surface area (Å²) >= 11 is 0. The van der Waals surface area contributed by atoms with Gasteiger partial charge < -0.3 is 30.9 Å². The first-order valence-corrected chi connectivity index (χ1v) is 12.0. The van der Waals surface area contributed by atoms with Crippen molar-refractivity contribution in [2.75, 3.05) is 19.3 Å². The number of nitrogen functional groups attached to an aromatic ring is 1. The fourth-order valence-electron chi connectivity index (χ4n) is 4.01. The SMILES string of the molecule is CN(CC#Cc1nc(N)c2ncn([C@@H]3O[C@H](C(=O)NC4CC4)[C@@H](O)C3O)c2n1)C(=O)c1ccc(C(F)(F)F)nc1. The van der Waals surface area contributed by atoms with Crippen LogP contribution < -0.4 is 11.1 Å². The zero-order valence-electron chi connectivity index (χ0n) is 20.8. The number of amides is 2. The van der Waals surface area contributed by atoms with Crippen molar-refractivity contribution in [3.63, 3.8) is 0 Å². The maximum Gasteiger partial charge on any atom is 0.433 e. The van der Waals surface area contributed by atoms with Crippen LogP contribution in [0.5, 0.6) is 0 Å². The number of ether oxygens (including phenoxy) is 1. The molecule has 5 rings (SSSR count). The van der Waals surface area contributed by atoms with E-state index >= 15 is 0 Å². The molecule has 4 heterocycles. The molecule has 16 heteroatoms. The number of aromatic nitrogens is 5. The summed E-state index contributed by atoms with van der Waals surface area (Å²) in [6, 6.07) is 1.77. The number of nitrogens with zero attached hydrogens (tertiary/aromatic N) is 6. The van der Waals surface area contributed by atoms with E-state index in [9.17, 15) is 33.0 Å². The predicted molar refractivity (Wildman–Crippen MR) is 130 cm³/mol. The molecule has 3 aromatic rings. The lowest BCUT2D eigenvalue weighted by Crippen LogP contribution is -2.43. The van der Waals surface area contributed by atoms with E-state index in [4.69, 9.17) is 10.5 Å². The van der Waals surface area contributed by atoms with Gasteiger partial charge >= 0.3 is 6.18 Å². The van der Waals surface area contributed by atoms with Crippen LogP contribution in [-0.4, -0.2) is 89.4 Å². The average Bonchev–Trinajstić information content (AvgIpc) is 3.55. The molecule has 5 N–H and O–H groups in total. The number of alkyl halides is 3. The van der Waals surface area contributed by atoms with Gasteiger partial charge in [-0.15, -0.1) is 0 Å². The van der Waals surface area contributed by atoms with E-state index in [2.05, 4.69) is 37.1 Å². The summed E-state index contributed by atoms with van der Waals surface area (Å²) in [5.41, 5.74) is 5.13. The highest BCUT2D eigenvalue weighted by molar-refractivity contribution is 5.94. The molecule has 13 nitrogen and oxygen atoms in total. The van der Waals surface area contributed by atoms with E-state index in [0.717, 1.165) is 25.1 Å². The van der Waals surface area contributed by atoms with Crippen molar-refractivity contribution in [3.8, 4) is 11.8 Å². The smallest absolute Gasteiger partial charge is 0.387 e. The number of nitrogens with one attached hydrogen (secondary N) is 1. The Morgan fingerprint density at radius 1 is 1.23 bits per heavy atom. The van der Waals surface area contributed by atoms with Gasteiger partial charge in [0.25, 0.3) is 11.8 Å². The summed E-state index contributed by atoms with van der Waals surface area (Å²) in [6.45, 7) is -0.130. The van der Waals surface area contributed by atoms with Crippen LogP contribution in [0, 0.1) is 11.8 Å². The molecule has 1 saturated carbocycles. The molecule has 1 aliphatic carbocycles. The Balaban J connectivity index is 1.31. The number of hydrogen-bond donors (Lipinski definition) is 4. The molecule has 1 unspecified atom stereocenters. The molecule has 2 fully saturated rings. The van der Waals surface area contributed by atoms with E-state index in [1.54, 1.807) is 0 Å². The van der Waals surface area contributed by atoms with Crippen molar-refractivity contribution in [2.45, 2.75) is 49.6 Å². The molecule has 0 bridgehead atoms. The zero-order valence-corrected chi connectivity index (χ0v) is 20.8. The highest BCUT2D eigenvalue weighted by Crippen LogP contribution is 2.33. The van der Waals surface area contributed by atoms with Crippen molar-refractivity contribution in [1.29, 1.82) is 0 Å². The standard InChI is InChI=1S/C24H23F3N8O5/c1-34(22(39)11-4-7-13(29-9-11)24(25,26)27)8-2-3-14-32-19(28)15-20(33-14)35(10-30-15)23-17(37)16(36)18(40-23)21(38)31-12-5-6-12/h4,7,9-10,12,16-18,23,36-37H,5-6,8H2,1H3,(H,31,38)(H2,28,32,33)/t16-,17?,18-,23+/m0/s1. The average molecular weight is 560 g/mol. The van der Waals surface area contributed by atoms with Crippen molar-refractivity contribution in [3.05, 3.63) is 41.7 Å². The number of halogens is 3. The number of imidazole rings is 1. The molecule has 210 valence electrons. The van der Waals surface area contributed by atoms with Gasteiger partial charge in [-0.25, -0.2) is 15.0 Å². The number of aliphatic hydroxyl groups is 2. The van der Waals surface area contributed by atoms with Crippen LogP contribution in [0.25, 0.3) is 11.2 Å². The van der Waals surface area contributed by atoms with Gasteiger partial charge in [-0.05, 0) is 30.9 Å². The van der Waals surface area contributed by atoms with Gasteiger partial charge in [0.2, 0.25) is 5.82 Å². The molecule has 2 aliphatic rings. The van der Waals surface area contributed by atoms with Gasteiger partial charge in [-0.2, -0.15) is 13.2 Å². The monoisotopic (exact) mass is 560 g/mol. The molecule has 2 amide bonds. The van der Waals surface area contributed by atoms with E-state index in [-0.39, 0.29) is 41.0 Å². The third-order valence-corrected chi connectivity index (χ3v) is 6.31. The first-order chi connectivity index (χ1) is 18.9. The molecule has 3 aromatic heterocycles. The van der Waals surface area contributed by atoms with Crippen LogP contribution in [0.3, 0.4) is 0 Å². The predicted octanol–water partition coefficient (Wildman–Crippen LogP) is -0.156. The maximum atomic E-state index is 12.7. The van der Waals surface area contributed by atoms with Gasteiger partial charge in [-0.3, -0.25) is 19.1 Å². The molecular formula is C24H23F3N8O5. The number of nitrogens with two attached hydrogens (primary N) is 1. The van der Waals surface area contributed by atoms with Gasteiger partial charge in [0.05, 0.1) is 18.4 Å². The lowest BCUT2D eigenvalue weighted by Gasteiger charge is -2.16. The Kier molecular flexibility index (Phi) is 7.04. The second-order valence-corrected chi connectivity index (χ2v) is 9.36. The van der Waals surface area contributed by atoms with Crippen LogP contribution in [0.1, 0.15) is 40.9 Å². The number of rotatable bonds is 5. The molecule has 1 saturated heterocycles. The second-order valence-electron chi connectivity index (χ2n) is 9.36. The van der Waals surface area contributed by atoms with Crippen LogP contribution >= 0.6 is 0 Å². The Morgan fingerprint density at radius 2 is 1.98 bits per heavy atom. The normalized spacial score (nSPS) is 22.6. The minimum atomic E-state index is -4.62. The number of carbonyl (C=O) groups excluding carboxylic acids is 2. The lowest BCUT2D eigenvalue weighted by molar-refractivity contribution is -0.141. The van der Waals surface area contributed by atoms with E-state index < -0.39 is 48.2 Å². The number of pyridine rings is 1. The lowest BCUT2D eigenvalue weighted by atomic mass is 10.1. The molecular weight excluding hydrogens is 537 g/mol. The highest BCUT2D eigenvalue weighted by Gasteiger charge is 2.48. The fraction of sp³-hybridized carbons (Fsp3) is 0.417. The van der Waals surface area contributed by atoms with E-state index in [1.807, 2.05) is 0 Å². The first-order valence-electron chi connectivity index (χ1n) is 12.0. The largest absolute Gasteiger partial charge is 0.433 e. The van der Waals surface area contributed by atoms with Crippen molar-refractivity contribution >= 4 is 28.8 Å². The van der Waals surface area contributed by atoms with Crippen LogP contribution in [0.2, 0.25) is 0 Å². The zero-order chi connectivity index (χ0) is 28.8. The summed E-state index contributed by atoms with van der Waals surface area (Å²) in [5, 5.41) is 23.7. The minimum Gasteiger partial charge on any atom is -0.387 e. The van der Waals surface area contributed by atoms with Gasteiger partial charge in [0.1, 0.15) is 23.4 Å². The fourth-order valence-corrected chi connectivity index (χ4v) is 4.01. The number of carbonyl (C=O) groups is 2. The second kappa shape index (κ2) is 10.3. The van der Waals surface area contributed by atoms with Gasteiger partial charge in [0, 0.05) is 19.3 Å². The van der Waals surface area contributed by atoms with Gasteiger partial charge in [0.15, 0.2) is 23.8 Å². The molecule has 1 aliphatic heterocycles. The molecule has 40 heavy (non-hydrogen) atoms. The quantitative estimate of drug-likeness (QED) is 0.306. The number of aliphatic hydroxyl groups excluding tert-OH is 2. The summed E-state index contributed by atoms with van der Waals surface area (Å²) in [4.78, 5) is 41.9. The number of hydrogen-bond acceptors (Lipinski definition) is 10. The van der Waals surface area contributed by atoms with Crippen LogP contribution in [0.4, 0.5) is 19.0 Å². The van der Waals surface area contributed by atoms with E-state index in [1.165, 1.54) is 22.8 Å². The number of anilines is 1. The van der Waals surface area contributed by atoms with Crippen molar-refractivity contribution < 1.29 is 37.7 Å².